The van der Waals surface area contributed by atoms with Crippen LogP contribution in [0.3, 0.4) is 0 Å². The predicted octanol–water partition coefficient (Wildman–Crippen LogP) is 3.77. The first-order chi connectivity index (χ1) is 10.8. The smallest absolute Gasteiger partial charge is 0.293 e. The highest BCUT2D eigenvalue weighted by atomic mass is 16.5. The van der Waals surface area contributed by atoms with E-state index in [-0.39, 0.29) is 6.10 Å². The van der Waals surface area contributed by atoms with Gasteiger partial charge >= 0.3 is 0 Å². The highest BCUT2D eigenvalue weighted by Gasteiger charge is 2.09. The third-order valence-electron chi connectivity index (χ3n) is 3.82. The molecule has 1 unspecified atom stereocenters. The summed E-state index contributed by atoms with van der Waals surface area (Å²) in [6, 6.07) is 18.2. The van der Waals surface area contributed by atoms with Crippen LogP contribution in [0, 0.1) is 0 Å². The second kappa shape index (κ2) is 8.88. The van der Waals surface area contributed by atoms with Gasteiger partial charge in [-0.05, 0) is 55.4 Å². The molecule has 0 amide bonds. The molecule has 116 valence electrons. The van der Waals surface area contributed by atoms with E-state index in [0.29, 0.717) is 6.47 Å². The summed E-state index contributed by atoms with van der Waals surface area (Å²) in [5.41, 5.74) is 9.00. The van der Waals surface area contributed by atoms with Gasteiger partial charge in [-0.1, -0.05) is 42.5 Å². The van der Waals surface area contributed by atoms with Crippen LogP contribution >= 0.6 is 0 Å². The molecule has 3 heteroatoms. The van der Waals surface area contributed by atoms with Gasteiger partial charge in [0, 0.05) is 5.69 Å². The van der Waals surface area contributed by atoms with E-state index in [1.54, 1.807) is 0 Å². The summed E-state index contributed by atoms with van der Waals surface area (Å²) in [4.78, 5) is 10.7. The van der Waals surface area contributed by atoms with E-state index < -0.39 is 0 Å². The first-order valence-electron chi connectivity index (χ1n) is 7.75. The van der Waals surface area contributed by atoms with Crippen LogP contribution in [-0.4, -0.2) is 12.6 Å². The first kappa shape index (κ1) is 16.1. The second-order valence-electron chi connectivity index (χ2n) is 5.51. The maximum atomic E-state index is 10.7. The molecule has 2 rings (SSSR count). The normalized spacial score (nSPS) is 11.8. The molecule has 22 heavy (non-hydrogen) atoms. The second-order valence-corrected chi connectivity index (χ2v) is 5.51. The third-order valence-corrected chi connectivity index (χ3v) is 3.82. The molecule has 3 nitrogen and oxygen atoms in total. The number of benzene rings is 2. The predicted molar refractivity (Wildman–Crippen MR) is 89.5 cm³/mol. The van der Waals surface area contributed by atoms with E-state index in [1.807, 2.05) is 30.3 Å². The monoisotopic (exact) mass is 297 g/mol. The molecule has 0 bridgehead atoms. The van der Waals surface area contributed by atoms with Crippen molar-refractivity contribution in [1.82, 2.24) is 0 Å². The van der Waals surface area contributed by atoms with Gasteiger partial charge in [-0.3, -0.25) is 4.79 Å². The van der Waals surface area contributed by atoms with Gasteiger partial charge in [0.1, 0.15) is 6.10 Å². The van der Waals surface area contributed by atoms with Crippen molar-refractivity contribution in [2.45, 2.75) is 38.2 Å². The largest absolute Gasteiger partial charge is 0.465 e. The van der Waals surface area contributed by atoms with E-state index in [2.05, 4.69) is 24.3 Å². The molecule has 0 radical (unpaired) electrons. The Bertz CT molecular complexity index is 551. The highest BCUT2D eigenvalue weighted by Crippen LogP contribution is 2.15. The number of hydrogen-bond donors (Lipinski definition) is 1. The summed E-state index contributed by atoms with van der Waals surface area (Å²) < 4.78 is 5.22. The third kappa shape index (κ3) is 5.60. The molecule has 0 heterocycles. The lowest BCUT2D eigenvalue weighted by Crippen LogP contribution is -2.13. The van der Waals surface area contributed by atoms with E-state index in [1.165, 1.54) is 11.1 Å². The van der Waals surface area contributed by atoms with Crippen LogP contribution in [0.4, 0.5) is 5.69 Å². The lowest BCUT2D eigenvalue weighted by atomic mass is 10.0. The summed E-state index contributed by atoms with van der Waals surface area (Å²) in [6.07, 6.45) is 4.65. The lowest BCUT2D eigenvalue weighted by Gasteiger charge is -2.15. The van der Waals surface area contributed by atoms with Gasteiger partial charge in [-0.15, -0.1) is 0 Å². The Morgan fingerprint density at radius 3 is 2.27 bits per heavy atom. The number of carbonyl (C=O) groups excluding carboxylic acids is 1. The molecule has 0 aliphatic rings. The van der Waals surface area contributed by atoms with E-state index in [9.17, 15) is 4.79 Å². The van der Waals surface area contributed by atoms with Crippen molar-refractivity contribution in [3.8, 4) is 0 Å². The van der Waals surface area contributed by atoms with Crippen molar-refractivity contribution < 1.29 is 9.53 Å². The fourth-order valence-electron chi connectivity index (χ4n) is 2.55. The molecule has 0 aromatic heterocycles. The fraction of sp³-hybridized carbons (Fsp3) is 0.316. The van der Waals surface area contributed by atoms with Gasteiger partial charge in [-0.2, -0.15) is 0 Å². The number of rotatable bonds is 9. The number of hydrogen-bond acceptors (Lipinski definition) is 3. The summed E-state index contributed by atoms with van der Waals surface area (Å²) in [6.45, 7) is 0.566. The van der Waals surface area contributed by atoms with Crippen LogP contribution in [0.1, 0.15) is 30.4 Å². The minimum absolute atomic E-state index is 0.0150. The van der Waals surface area contributed by atoms with Gasteiger partial charge in [0.15, 0.2) is 0 Å². The SMILES string of the molecule is Nc1ccc(CCC(CCCc2ccccc2)OC=O)cc1. The minimum Gasteiger partial charge on any atom is -0.465 e. The van der Waals surface area contributed by atoms with Gasteiger partial charge in [0.05, 0.1) is 0 Å². The molecule has 2 aromatic carbocycles. The van der Waals surface area contributed by atoms with Gasteiger partial charge < -0.3 is 10.5 Å². The Kier molecular flexibility index (Phi) is 6.49. The molecule has 0 saturated carbocycles. The zero-order chi connectivity index (χ0) is 15.6. The molecule has 0 fully saturated rings. The van der Waals surface area contributed by atoms with Crippen LogP contribution in [0.25, 0.3) is 0 Å². The van der Waals surface area contributed by atoms with Crippen LogP contribution in [0.5, 0.6) is 0 Å². The summed E-state index contributed by atoms with van der Waals surface area (Å²) >= 11 is 0. The van der Waals surface area contributed by atoms with Crippen LogP contribution < -0.4 is 5.73 Å². The van der Waals surface area contributed by atoms with Crippen LogP contribution in [-0.2, 0) is 22.4 Å². The molecule has 2 aromatic rings. The molecule has 1 atom stereocenters. The molecule has 2 N–H and O–H groups in total. The van der Waals surface area contributed by atoms with Gasteiger partial charge in [0.2, 0.25) is 0 Å². The molecular formula is C19H23NO2. The summed E-state index contributed by atoms with van der Waals surface area (Å²) in [7, 11) is 0. The van der Waals surface area contributed by atoms with Gasteiger partial charge in [0.25, 0.3) is 6.47 Å². The molecule has 0 spiro atoms. The Morgan fingerprint density at radius 2 is 1.59 bits per heavy atom. The van der Waals surface area contributed by atoms with Crippen molar-refractivity contribution in [3.05, 3.63) is 65.7 Å². The first-order valence-corrected chi connectivity index (χ1v) is 7.75. The number of carbonyl (C=O) groups is 1. The molecule has 0 saturated heterocycles. The molecular weight excluding hydrogens is 274 g/mol. The number of nitrogen functional groups attached to an aromatic ring is 1. The average Bonchev–Trinajstić information content (AvgIpc) is 2.55. The Labute approximate surface area is 132 Å². The van der Waals surface area contributed by atoms with E-state index in [4.69, 9.17) is 10.5 Å². The standard InChI is InChI=1S/C19H23NO2/c20-18-12-9-17(10-13-18)11-14-19(22-15-21)8-4-7-16-5-2-1-3-6-16/h1-3,5-6,9-10,12-13,15,19H,4,7-8,11,14,20H2. The minimum atomic E-state index is -0.0150. The van der Waals surface area contributed by atoms with Gasteiger partial charge in [-0.25, -0.2) is 0 Å². The highest BCUT2D eigenvalue weighted by molar-refractivity contribution is 5.39. The Balaban J connectivity index is 1.76. The number of nitrogens with two attached hydrogens (primary N) is 1. The lowest BCUT2D eigenvalue weighted by molar-refractivity contribution is -0.134. The summed E-state index contributed by atoms with van der Waals surface area (Å²) in [5, 5.41) is 0. The molecule has 0 aliphatic heterocycles. The zero-order valence-electron chi connectivity index (χ0n) is 12.8. The number of anilines is 1. The zero-order valence-corrected chi connectivity index (χ0v) is 12.8. The van der Waals surface area contributed by atoms with Crippen molar-refractivity contribution in [3.63, 3.8) is 0 Å². The van der Waals surface area contributed by atoms with Crippen molar-refractivity contribution in [2.24, 2.45) is 0 Å². The topological polar surface area (TPSA) is 52.3 Å². The van der Waals surface area contributed by atoms with Crippen molar-refractivity contribution >= 4 is 12.2 Å². The number of aryl methyl sites for hydroxylation is 2. The maximum Gasteiger partial charge on any atom is 0.293 e. The number of ether oxygens (including phenoxy) is 1. The van der Waals surface area contributed by atoms with Crippen molar-refractivity contribution in [2.75, 3.05) is 5.73 Å². The maximum absolute atomic E-state index is 10.7. The van der Waals surface area contributed by atoms with E-state index in [0.717, 1.165) is 37.8 Å². The Morgan fingerprint density at radius 1 is 0.909 bits per heavy atom. The quantitative estimate of drug-likeness (QED) is 0.566. The van der Waals surface area contributed by atoms with Crippen LogP contribution in [0.2, 0.25) is 0 Å². The van der Waals surface area contributed by atoms with E-state index >= 15 is 0 Å². The Hall–Kier alpha value is -2.29. The average molecular weight is 297 g/mol. The van der Waals surface area contributed by atoms with Crippen LogP contribution in [0.15, 0.2) is 54.6 Å². The summed E-state index contributed by atoms with van der Waals surface area (Å²) in [5.74, 6) is 0. The van der Waals surface area contributed by atoms with Crippen molar-refractivity contribution in [1.29, 1.82) is 0 Å². The molecule has 0 aliphatic carbocycles. The fourth-order valence-corrected chi connectivity index (χ4v) is 2.55.